The molecule has 1 aliphatic heterocycles. The Kier molecular flexibility index (Phi) is 7.12. The number of aryl methyl sites for hydroxylation is 1. The van der Waals surface area contributed by atoms with Gasteiger partial charge < -0.3 is 0 Å². The van der Waals surface area contributed by atoms with Gasteiger partial charge in [-0.3, -0.25) is 14.5 Å². The molecule has 4 rings (SSSR count). The van der Waals surface area contributed by atoms with Gasteiger partial charge in [0, 0.05) is 5.75 Å². The zero-order chi connectivity index (χ0) is 21.8. The average Bonchev–Trinajstić information content (AvgIpc) is 3.24. The third-order valence-corrected chi connectivity index (χ3v) is 7.89. The molecule has 31 heavy (non-hydrogen) atoms. The third-order valence-electron chi connectivity index (χ3n) is 4.44. The van der Waals surface area contributed by atoms with Crippen LogP contribution in [0.4, 0.5) is 9.18 Å². The number of thioether (sulfide) groups is 2. The van der Waals surface area contributed by atoms with Crippen molar-refractivity contribution >= 4 is 63.7 Å². The van der Waals surface area contributed by atoms with Gasteiger partial charge in [0.1, 0.15) is 11.0 Å². The molecular formula is C22H16ClFN2O2S3. The van der Waals surface area contributed by atoms with Gasteiger partial charge in [-0.25, -0.2) is 9.37 Å². The SMILES string of the molecule is O=C1S/C(=C\c2sc(SCCc3ccccc3)nc2Cl)C(=O)N1Cc1ccc(F)cc1. The Morgan fingerprint density at radius 1 is 1.06 bits per heavy atom. The summed E-state index contributed by atoms with van der Waals surface area (Å²) in [6, 6.07) is 15.9. The molecule has 1 aliphatic rings. The Bertz CT molecular complexity index is 1130. The zero-order valence-corrected chi connectivity index (χ0v) is 19.3. The fourth-order valence-electron chi connectivity index (χ4n) is 2.87. The van der Waals surface area contributed by atoms with Gasteiger partial charge in [0.15, 0.2) is 4.34 Å². The summed E-state index contributed by atoms with van der Waals surface area (Å²) in [5, 5.41) is -0.0452. The zero-order valence-electron chi connectivity index (χ0n) is 16.1. The number of hydrogen-bond acceptors (Lipinski definition) is 6. The highest BCUT2D eigenvalue weighted by molar-refractivity contribution is 8.18. The van der Waals surface area contributed by atoms with Crippen LogP contribution in [0.15, 0.2) is 63.8 Å². The van der Waals surface area contributed by atoms with Crippen LogP contribution in [0.25, 0.3) is 6.08 Å². The topological polar surface area (TPSA) is 50.3 Å². The minimum atomic E-state index is -0.387. The second-order valence-electron chi connectivity index (χ2n) is 6.61. The van der Waals surface area contributed by atoms with Crippen molar-refractivity contribution < 1.29 is 14.0 Å². The molecule has 1 aromatic heterocycles. The van der Waals surface area contributed by atoms with Crippen molar-refractivity contribution in [1.29, 1.82) is 0 Å². The molecule has 0 radical (unpaired) electrons. The van der Waals surface area contributed by atoms with E-state index in [-0.39, 0.29) is 23.5 Å². The summed E-state index contributed by atoms with van der Waals surface area (Å²) in [5.41, 5.74) is 1.94. The highest BCUT2D eigenvalue weighted by Gasteiger charge is 2.35. The third kappa shape index (κ3) is 5.57. The van der Waals surface area contributed by atoms with E-state index < -0.39 is 0 Å². The summed E-state index contributed by atoms with van der Waals surface area (Å²) in [5.74, 6) is 0.110. The lowest BCUT2D eigenvalue weighted by Gasteiger charge is -2.12. The lowest BCUT2D eigenvalue weighted by atomic mass is 10.2. The maximum Gasteiger partial charge on any atom is 0.293 e. The second-order valence-corrected chi connectivity index (χ2v) is 10.3. The Labute approximate surface area is 196 Å². The number of hydrogen-bond donors (Lipinski definition) is 0. The maximum absolute atomic E-state index is 13.1. The van der Waals surface area contributed by atoms with Crippen LogP contribution < -0.4 is 0 Å². The highest BCUT2D eigenvalue weighted by atomic mass is 35.5. The summed E-state index contributed by atoms with van der Waals surface area (Å²) in [4.78, 5) is 31.5. The van der Waals surface area contributed by atoms with Gasteiger partial charge in [-0.2, -0.15) is 0 Å². The van der Waals surface area contributed by atoms with E-state index in [4.69, 9.17) is 11.6 Å². The number of halogens is 2. The summed E-state index contributed by atoms with van der Waals surface area (Å²) >= 11 is 10.1. The van der Waals surface area contributed by atoms with Crippen LogP contribution in [0.3, 0.4) is 0 Å². The number of carbonyl (C=O) groups is 2. The van der Waals surface area contributed by atoms with Crippen LogP contribution in [0, 0.1) is 5.82 Å². The van der Waals surface area contributed by atoms with E-state index in [1.165, 1.54) is 29.0 Å². The Morgan fingerprint density at radius 3 is 2.55 bits per heavy atom. The van der Waals surface area contributed by atoms with Crippen molar-refractivity contribution in [3.05, 3.63) is 86.5 Å². The molecule has 0 bridgehead atoms. The van der Waals surface area contributed by atoms with E-state index in [1.54, 1.807) is 30.0 Å². The van der Waals surface area contributed by atoms with E-state index in [9.17, 15) is 14.0 Å². The second kappa shape index (κ2) is 9.99. The van der Waals surface area contributed by atoms with Crippen molar-refractivity contribution in [1.82, 2.24) is 9.88 Å². The minimum Gasteiger partial charge on any atom is -0.268 e. The average molecular weight is 491 g/mol. The molecule has 0 aliphatic carbocycles. The first-order valence-corrected chi connectivity index (χ1v) is 12.3. The van der Waals surface area contributed by atoms with Crippen LogP contribution in [0.5, 0.6) is 0 Å². The van der Waals surface area contributed by atoms with Crippen molar-refractivity contribution in [3.8, 4) is 0 Å². The van der Waals surface area contributed by atoms with Crippen LogP contribution in [0.2, 0.25) is 5.15 Å². The summed E-state index contributed by atoms with van der Waals surface area (Å²) in [7, 11) is 0. The number of imide groups is 1. The minimum absolute atomic E-state index is 0.0965. The molecule has 0 spiro atoms. The molecule has 1 saturated heterocycles. The standard InChI is InChI=1S/C22H16ClFN2O2S3/c23-19-17(30-21(25-19)29-11-10-14-4-2-1-3-5-14)12-18-20(27)26(22(28)31-18)13-15-6-8-16(24)9-7-15/h1-9,12H,10-11,13H2/b18-12-. The van der Waals surface area contributed by atoms with Gasteiger partial charge in [0.2, 0.25) is 0 Å². The largest absolute Gasteiger partial charge is 0.293 e. The van der Waals surface area contributed by atoms with Crippen molar-refractivity contribution in [2.24, 2.45) is 0 Å². The normalized spacial score (nSPS) is 15.3. The molecule has 158 valence electrons. The van der Waals surface area contributed by atoms with Crippen molar-refractivity contribution in [2.75, 3.05) is 5.75 Å². The van der Waals surface area contributed by atoms with Crippen molar-refractivity contribution in [2.45, 2.75) is 17.3 Å². The number of thiazole rings is 1. The number of benzene rings is 2. The number of carbonyl (C=O) groups excluding carboxylic acids is 2. The van der Waals surface area contributed by atoms with Gasteiger partial charge in [-0.15, -0.1) is 11.3 Å². The molecular weight excluding hydrogens is 475 g/mol. The number of amides is 2. The highest BCUT2D eigenvalue weighted by Crippen LogP contribution is 2.37. The molecule has 9 heteroatoms. The Hall–Kier alpha value is -2.13. The van der Waals surface area contributed by atoms with Crippen LogP contribution in [-0.4, -0.2) is 26.8 Å². The molecule has 4 nitrogen and oxygen atoms in total. The molecule has 0 unspecified atom stereocenters. The van der Waals surface area contributed by atoms with Crippen LogP contribution in [0.1, 0.15) is 16.0 Å². The van der Waals surface area contributed by atoms with E-state index in [0.717, 1.165) is 33.2 Å². The lowest BCUT2D eigenvalue weighted by molar-refractivity contribution is -0.123. The molecule has 2 amide bonds. The van der Waals surface area contributed by atoms with Gasteiger partial charge in [0.05, 0.1) is 16.3 Å². The molecule has 0 N–H and O–H groups in total. The first kappa shape index (κ1) is 22.1. The maximum atomic E-state index is 13.1. The van der Waals surface area contributed by atoms with Crippen LogP contribution in [-0.2, 0) is 17.8 Å². The lowest BCUT2D eigenvalue weighted by Crippen LogP contribution is -2.27. The molecule has 0 saturated carbocycles. The smallest absolute Gasteiger partial charge is 0.268 e. The van der Waals surface area contributed by atoms with Gasteiger partial charge in [-0.1, -0.05) is 65.8 Å². The molecule has 2 heterocycles. The summed E-state index contributed by atoms with van der Waals surface area (Å²) in [6.45, 7) is 0.0965. The van der Waals surface area contributed by atoms with Gasteiger partial charge in [-0.05, 0) is 47.5 Å². The summed E-state index contributed by atoms with van der Waals surface area (Å²) < 4.78 is 13.9. The first-order valence-electron chi connectivity index (χ1n) is 9.32. The van der Waals surface area contributed by atoms with Crippen LogP contribution >= 0.6 is 46.5 Å². The van der Waals surface area contributed by atoms with Crippen molar-refractivity contribution in [3.63, 3.8) is 0 Å². The first-order chi connectivity index (χ1) is 15.0. The molecule has 2 aromatic carbocycles. The van der Waals surface area contributed by atoms with E-state index in [1.807, 2.05) is 18.2 Å². The predicted molar refractivity (Wildman–Crippen MR) is 126 cm³/mol. The Balaban J connectivity index is 1.41. The van der Waals surface area contributed by atoms with E-state index in [2.05, 4.69) is 17.1 Å². The number of nitrogens with zero attached hydrogens (tertiary/aromatic N) is 2. The quantitative estimate of drug-likeness (QED) is 0.279. The molecule has 3 aromatic rings. The fraction of sp³-hybridized carbons (Fsp3) is 0.136. The van der Waals surface area contributed by atoms with Gasteiger partial charge >= 0.3 is 0 Å². The Morgan fingerprint density at radius 2 is 1.81 bits per heavy atom. The molecule has 1 fully saturated rings. The monoisotopic (exact) mass is 490 g/mol. The summed E-state index contributed by atoms with van der Waals surface area (Å²) in [6.07, 6.45) is 2.54. The van der Waals surface area contributed by atoms with E-state index >= 15 is 0 Å². The number of aromatic nitrogens is 1. The number of rotatable bonds is 7. The molecule has 0 atom stereocenters. The van der Waals surface area contributed by atoms with Gasteiger partial charge in [0.25, 0.3) is 11.1 Å². The fourth-order valence-corrected chi connectivity index (χ4v) is 6.18. The van der Waals surface area contributed by atoms with E-state index in [0.29, 0.717) is 20.5 Å². The predicted octanol–water partition coefficient (Wildman–Crippen LogP) is 6.51.